The van der Waals surface area contributed by atoms with Crippen LogP contribution in [0.15, 0.2) is 91.0 Å². The largest absolute Gasteiger partial charge is 0.513 e. The molecular formula is C32H22N5OZn-. The summed E-state index contributed by atoms with van der Waals surface area (Å²) < 4.78 is 5.68. The predicted octanol–water partition coefficient (Wildman–Crippen LogP) is 7.99. The summed E-state index contributed by atoms with van der Waals surface area (Å²) in [4.78, 5) is 16.0. The van der Waals surface area contributed by atoms with E-state index in [1.165, 1.54) is 0 Å². The first-order valence-electron chi connectivity index (χ1n) is 12.3. The molecule has 7 heteroatoms. The maximum Gasteiger partial charge on any atom is 0.134 e. The third kappa shape index (κ3) is 5.45. The van der Waals surface area contributed by atoms with E-state index in [-0.39, 0.29) is 19.5 Å². The van der Waals surface area contributed by atoms with Crippen LogP contribution in [0.25, 0.3) is 46.4 Å². The molecule has 2 aromatic carbocycles. The molecule has 3 aromatic heterocycles. The average molecular weight is 558 g/mol. The van der Waals surface area contributed by atoms with Gasteiger partial charge in [0, 0.05) is 47.3 Å². The van der Waals surface area contributed by atoms with E-state index in [4.69, 9.17) is 4.74 Å². The van der Waals surface area contributed by atoms with Gasteiger partial charge < -0.3 is 20.0 Å². The summed E-state index contributed by atoms with van der Waals surface area (Å²) in [6.45, 7) is 0. The number of fused-ring (bicyclic) bond motifs is 10. The first kappa shape index (κ1) is 24.6. The number of nitrogens with zero attached hydrogens (tertiary/aromatic N) is 2. The summed E-state index contributed by atoms with van der Waals surface area (Å²) in [5, 5.41) is 3.26. The molecule has 0 aliphatic carbocycles. The van der Waals surface area contributed by atoms with Gasteiger partial charge in [0.1, 0.15) is 5.75 Å². The SMILES string of the molecule is C1=Cc2cc3ccc(cc4ccc(cc5nc(cc1n2)C=C5)[nH]4)[nH]3.[Zn].[c-]1cccc2c1Nc1ccccc1O2. The fourth-order valence-corrected chi connectivity index (χ4v) is 4.46. The molecule has 184 valence electrons. The van der Waals surface area contributed by atoms with Crippen molar-refractivity contribution in [1.29, 1.82) is 0 Å². The third-order valence-electron chi connectivity index (χ3n) is 6.23. The minimum absolute atomic E-state index is 0. The smallest absolute Gasteiger partial charge is 0.134 e. The number of anilines is 2. The molecule has 3 aliphatic rings. The Kier molecular flexibility index (Phi) is 6.66. The van der Waals surface area contributed by atoms with Crippen molar-refractivity contribution < 1.29 is 24.2 Å². The van der Waals surface area contributed by atoms with E-state index in [0.29, 0.717) is 0 Å². The van der Waals surface area contributed by atoms with Gasteiger partial charge in [-0.25, -0.2) is 9.97 Å². The molecule has 0 saturated heterocycles. The van der Waals surface area contributed by atoms with Crippen LogP contribution in [-0.2, 0) is 19.5 Å². The first-order valence-corrected chi connectivity index (χ1v) is 12.3. The van der Waals surface area contributed by atoms with Crippen LogP contribution in [0.1, 0.15) is 22.8 Å². The summed E-state index contributed by atoms with van der Waals surface area (Å²) in [5.74, 6) is 1.69. The fraction of sp³-hybridized carbons (Fsp3) is 0. The summed E-state index contributed by atoms with van der Waals surface area (Å²) in [7, 11) is 0. The predicted molar refractivity (Wildman–Crippen MR) is 154 cm³/mol. The normalized spacial score (nSPS) is 12.1. The van der Waals surface area contributed by atoms with Crippen molar-refractivity contribution in [2.45, 2.75) is 0 Å². The Morgan fingerprint density at radius 1 is 0.564 bits per heavy atom. The third-order valence-corrected chi connectivity index (χ3v) is 6.23. The Balaban J connectivity index is 0.000000158. The van der Waals surface area contributed by atoms with Gasteiger partial charge in [-0.05, 0) is 90.7 Å². The van der Waals surface area contributed by atoms with Gasteiger partial charge in [-0.2, -0.15) is 18.2 Å². The molecule has 6 nitrogen and oxygen atoms in total. The van der Waals surface area contributed by atoms with Crippen LogP contribution in [-0.4, -0.2) is 19.9 Å². The Bertz CT molecular complexity index is 1720. The van der Waals surface area contributed by atoms with Crippen LogP contribution in [0, 0.1) is 6.07 Å². The topological polar surface area (TPSA) is 78.6 Å². The van der Waals surface area contributed by atoms with Crippen molar-refractivity contribution in [1.82, 2.24) is 19.9 Å². The van der Waals surface area contributed by atoms with Crippen LogP contribution >= 0.6 is 0 Å². The number of rotatable bonds is 0. The second kappa shape index (κ2) is 10.6. The molecule has 0 unspecified atom stereocenters. The zero-order chi connectivity index (χ0) is 25.3. The fourth-order valence-electron chi connectivity index (χ4n) is 4.46. The van der Waals surface area contributed by atoms with E-state index in [9.17, 15) is 0 Å². The van der Waals surface area contributed by atoms with Gasteiger partial charge in [0.05, 0.1) is 28.5 Å². The number of hydrogen-bond donors (Lipinski definition) is 3. The maximum atomic E-state index is 5.68. The average Bonchev–Trinajstić information content (AvgIpc) is 3.74. The molecule has 6 heterocycles. The molecule has 0 saturated carbocycles. The Morgan fingerprint density at radius 2 is 1.10 bits per heavy atom. The second-order valence-corrected chi connectivity index (χ2v) is 9.04. The zero-order valence-electron chi connectivity index (χ0n) is 21.0. The summed E-state index contributed by atoms with van der Waals surface area (Å²) in [6.07, 6.45) is 8.05. The van der Waals surface area contributed by atoms with Crippen LogP contribution in [0.3, 0.4) is 0 Å². The molecule has 0 spiro atoms. The van der Waals surface area contributed by atoms with Crippen LogP contribution in [0.5, 0.6) is 11.5 Å². The number of aromatic amines is 2. The van der Waals surface area contributed by atoms with Crippen molar-refractivity contribution in [3.8, 4) is 11.5 Å². The van der Waals surface area contributed by atoms with Crippen LogP contribution in [0.4, 0.5) is 11.4 Å². The summed E-state index contributed by atoms with van der Waals surface area (Å²) in [6, 6.07) is 33.1. The van der Waals surface area contributed by atoms with Gasteiger partial charge in [0.25, 0.3) is 0 Å². The van der Waals surface area contributed by atoms with Gasteiger partial charge in [0.15, 0.2) is 0 Å². The number of benzene rings is 2. The first-order chi connectivity index (χ1) is 18.7. The number of hydrogen-bond acceptors (Lipinski definition) is 4. The standard InChI is InChI=1S/C20H14N4.C12H8NO.Zn/c1-2-14-10-16-5-6-18(23-16)12-20-8-7-19(24-20)11-17-4-3-15(22-17)9-13(1)21-14;1-3-7-11-9(5-1)13-10-6-2-4-8-12(10)14-11;/h1-12,21-22H;1-5,7-8,13H;/q;-1;. The van der Waals surface area contributed by atoms with E-state index < -0.39 is 0 Å². The zero-order valence-corrected chi connectivity index (χ0v) is 23.9. The number of ether oxygens (including phenoxy) is 1. The quantitative estimate of drug-likeness (QED) is 0.130. The number of nitrogens with one attached hydrogen (secondary N) is 3. The Hall–Kier alpha value is -4.74. The summed E-state index contributed by atoms with van der Waals surface area (Å²) >= 11 is 0. The number of H-pyrrole nitrogens is 2. The number of para-hydroxylation sites is 3. The molecule has 8 rings (SSSR count). The molecule has 0 fully saturated rings. The summed E-state index contributed by atoms with van der Waals surface area (Å²) in [5.41, 5.74) is 9.74. The van der Waals surface area contributed by atoms with Gasteiger partial charge in [-0.15, -0.1) is 6.07 Å². The molecule has 39 heavy (non-hydrogen) atoms. The molecule has 3 aliphatic heterocycles. The molecule has 8 bridgehead atoms. The van der Waals surface area contributed by atoms with Gasteiger partial charge in [-0.3, -0.25) is 0 Å². The van der Waals surface area contributed by atoms with E-state index >= 15 is 0 Å². The molecule has 5 aromatic rings. The van der Waals surface area contributed by atoms with Crippen molar-refractivity contribution in [3.63, 3.8) is 0 Å². The minimum atomic E-state index is 0. The van der Waals surface area contributed by atoms with Gasteiger partial charge >= 0.3 is 0 Å². The van der Waals surface area contributed by atoms with E-state index in [2.05, 4.69) is 61.7 Å². The maximum absolute atomic E-state index is 5.68. The monoisotopic (exact) mass is 556 g/mol. The molecule has 3 N–H and O–H groups in total. The second-order valence-electron chi connectivity index (χ2n) is 9.04. The van der Waals surface area contributed by atoms with E-state index in [1.54, 1.807) is 0 Å². The van der Waals surface area contributed by atoms with Crippen molar-refractivity contribution in [2.24, 2.45) is 0 Å². The molecule has 0 radical (unpaired) electrons. The number of aromatic nitrogens is 4. The molecule has 0 atom stereocenters. The Labute approximate surface area is 237 Å². The molecular weight excluding hydrogens is 536 g/mol. The molecule has 0 amide bonds. The van der Waals surface area contributed by atoms with Gasteiger partial charge in [-0.1, -0.05) is 12.1 Å². The van der Waals surface area contributed by atoms with E-state index in [1.807, 2.05) is 85.0 Å². The van der Waals surface area contributed by atoms with Gasteiger partial charge in [0.2, 0.25) is 0 Å². The Morgan fingerprint density at radius 3 is 1.74 bits per heavy atom. The van der Waals surface area contributed by atoms with Crippen molar-refractivity contribution >= 4 is 57.7 Å². The van der Waals surface area contributed by atoms with E-state index in [0.717, 1.165) is 67.7 Å². The minimum Gasteiger partial charge on any atom is -0.513 e. The van der Waals surface area contributed by atoms with Crippen LogP contribution < -0.4 is 10.1 Å². The van der Waals surface area contributed by atoms with Crippen LogP contribution in [0.2, 0.25) is 0 Å². The van der Waals surface area contributed by atoms with Crippen molar-refractivity contribution in [2.75, 3.05) is 5.32 Å². The van der Waals surface area contributed by atoms with Crippen molar-refractivity contribution in [3.05, 3.63) is 120 Å².